The Morgan fingerprint density at radius 2 is 2.20 bits per heavy atom. The molecule has 0 bridgehead atoms. The molecular weight excluding hydrogens is 340 g/mol. The number of hydrogen-bond donors (Lipinski definition) is 1. The van der Waals surface area contributed by atoms with Crippen molar-refractivity contribution in [2.45, 2.75) is 36.8 Å². The number of nitrogens with one attached hydrogen (secondary N) is 1. The second kappa shape index (κ2) is 7.47. The lowest BCUT2D eigenvalue weighted by Gasteiger charge is -2.32. The number of piperidine rings is 1. The first-order valence-corrected chi connectivity index (χ1v) is 9.45. The molecule has 134 valence electrons. The van der Waals surface area contributed by atoms with E-state index < -0.39 is 0 Å². The number of nitrogens with zero attached hydrogens (tertiary/aromatic N) is 1. The third-order valence-electron chi connectivity index (χ3n) is 4.49. The molecule has 2 amide bonds. The molecular formula is C18H22N2O4S. The normalized spacial score (nSPS) is 22.8. The SMILES string of the molecule is CCOC(=O)[C@H]1CCCN(C(=O)c2ccc3c(c2)NC(=O)[C@H](C)S3)C1. The number of amides is 2. The van der Waals surface area contributed by atoms with Gasteiger partial charge in [0.05, 0.1) is 23.5 Å². The van der Waals surface area contributed by atoms with Crippen LogP contribution in [0.3, 0.4) is 0 Å². The number of esters is 1. The van der Waals surface area contributed by atoms with Gasteiger partial charge >= 0.3 is 5.97 Å². The molecule has 1 aromatic rings. The third kappa shape index (κ3) is 3.81. The summed E-state index contributed by atoms with van der Waals surface area (Å²) in [5.74, 6) is -0.661. The fourth-order valence-electron chi connectivity index (χ4n) is 3.14. The molecule has 3 rings (SSSR count). The number of benzene rings is 1. The van der Waals surface area contributed by atoms with Gasteiger partial charge < -0.3 is 15.0 Å². The monoisotopic (exact) mass is 362 g/mol. The van der Waals surface area contributed by atoms with Crippen LogP contribution in [-0.2, 0) is 14.3 Å². The van der Waals surface area contributed by atoms with Crippen LogP contribution in [0.4, 0.5) is 5.69 Å². The molecule has 0 radical (unpaired) electrons. The minimum atomic E-state index is -0.258. The van der Waals surface area contributed by atoms with Gasteiger partial charge in [0, 0.05) is 23.5 Å². The lowest BCUT2D eigenvalue weighted by molar-refractivity contribution is -0.149. The number of rotatable bonds is 3. The molecule has 0 aliphatic carbocycles. The Bertz CT molecular complexity index is 706. The van der Waals surface area contributed by atoms with Crippen molar-refractivity contribution in [1.82, 2.24) is 4.90 Å². The molecule has 0 spiro atoms. The molecule has 7 heteroatoms. The summed E-state index contributed by atoms with van der Waals surface area (Å²) in [4.78, 5) is 39.3. The van der Waals surface area contributed by atoms with Crippen LogP contribution >= 0.6 is 11.8 Å². The van der Waals surface area contributed by atoms with Crippen molar-refractivity contribution in [3.05, 3.63) is 23.8 Å². The van der Waals surface area contributed by atoms with E-state index in [1.807, 2.05) is 13.0 Å². The maximum Gasteiger partial charge on any atom is 0.310 e. The van der Waals surface area contributed by atoms with Crippen LogP contribution in [0, 0.1) is 5.92 Å². The smallest absolute Gasteiger partial charge is 0.310 e. The highest BCUT2D eigenvalue weighted by molar-refractivity contribution is 8.00. The van der Waals surface area contributed by atoms with Gasteiger partial charge in [-0.2, -0.15) is 0 Å². The minimum absolute atomic E-state index is 0.0533. The van der Waals surface area contributed by atoms with Crippen molar-refractivity contribution in [1.29, 1.82) is 0 Å². The summed E-state index contributed by atoms with van der Waals surface area (Å²) in [6.07, 6.45) is 1.53. The Kier molecular flexibility index (Phi) is 5.32. The van der Waals surface area contributed by atoms with Gasteiger partial charge in [-0.3, -0.25) is 14.4 Å². The van der Waals surface area contributed by atoms with Crippen molar-refractivity contribution < 1.29 is 19.1 Å². The van der Waals surface area contributed by atoms with Crippen LogP contribution in [0.25, 0.3) is 0 Å². The largest absolute Gasteiger partial charge is 0.466 e. The van der Waals surface area contributed by atoms with Crippen molar-refractivity contribution in [3.8, 4) is 0 Å². The van der Waals surface area contributed by atoms with E-state index in [9.17, 15) is 14.4 Å². The highest BCUT2D eigenvalue weighted by atomic mass is 32.2. The number of carbonyl (C=O) groups excluding carboxylic acids is 3. The highest BCUT2D eigenvalue weighted by Gasteiger charge is 2.30. The molecule has 2 aliphatic heterocycles. The van der Waals surface area contributed by atoms with Gasteiger partial charge in [-0.25, -0.2) is 0 Å². The maximum absolute atomic E-state index is 12.8. The molecule has 0 saturated carbocycles. The molecule has 0 unspecified atom stereocenters. The number of anilines is 1. The maximum atomic E-state index is 12.8. The average molecular weight is 362 g/mol. The summed E-state index contributed by atoms with van der Waals surface area (Å²) in [7, 11) is 0. The Morgan fingerprint density at radius 3 is 2.96 bits per heavy atom. The number of likely N-dealkylation sites (tertiary alicyclic amines) is 1. The first-order valence-electron chi connectivity index (χ1n) is 8.57. The van der Waals surface area contributed by atoms with Crippen molar-refractivity contribution >= 4 is 35.2 Å². The molecule has 1 N–H and O–H groups in total. The van der Waals surface area contributed by atoms with Gasteiger partial charge in [-0.15, -0.1) is 11.8 Å². The zero-order valence-corrected chi connectivity index (χ0v) is 15.2. The molecule has 0 aromatic heterocycles. The van der Waals surface area contributed by atoms with Crippen LogP contribution in [0.1, 0.15) is 37.0 Å². The second-order valence-electron chi connectivity index (χ2n) is 6.30. The number of hydrogen-bond acceptors (Lipinski definition) is 5. The van der Waals surface area contributed by atoms with Crippen LogP contribution in [-0.4, -0.2) is 47.6 Å². The topological polar surface area (TPSA) is 75.7 Å². The molecule has 1 aromatic carbocycles. The molecule has 1 fully saturated rings. The van der Waals surface area contributed by atoms with Gasteiger partial charge in [0.1, 0.15) is 0 Å². The standard InChI is InChI=1S/C18H22N2O4S/c1-3-24-18(23)13-5-4-8-20(10-13)17(22)12-6-7-15-14(9-12)19-16(21)11(2)25-15/h6-7,9,11,13H,3-5,8,10H2,1-2H3,(H,19,21)/t11-,13-/m0/s1. The van der Waals surface area contributed by atoms with Gasteiger partial charge in [0.15, 0.2) is 0 Å². The molecule has 2 heterocycles. The van der Waals surface area contributed by atoms with E-state index in [-0.39, 0.29) is 29.0 Å². The fourth-order valence-corrected chi connectivity index (χ4v) is 4.07. The zero-order chi connectivity index (χ0) is 18.0. The summed E-state index contributed by atoms with van der Waals surface area (Å²) in [6.45, 7) is 5.00. The Balaban J connectivity index is 1.74. The summed E-state index contributed by atoms with van der Waals surface area (Å²) in [5, 5.41) is 2.71. The number of fused-ring (bicyclic) bond motifs is 1. The van der Waals surface area contributed by atoms with E-state index in [4.69, 9.17) is 4.74 Å². The first kappa shape index (κ1) is 17.8. The van der Waals surface area contributed by atoms with Gasteiger partial charge in [-0.1, -0.05) is 0 Å². The van der Waals surface area contributed by atoms with E-state index >= 15 is 0 Å². The lowest BCUT2D eigenvalue weighted by atomic mass is 9.97. The Labute approximate surface area is 151 Å². The van der Waals surface area contributed by atoms with Crippen LogP contribution < -0.4 is 5.32 Å². The van der Waals surface area contributed by atoms with Crippen LogP contribution in [0.5, 0.6) is 0 Å². The van der Waals surface area contributed by atoms with Crippen LogP contribution in [0.15, 0.2) is 23.1 Å². The fraction of sp³-hybridized carbons (Fsp3) is 0.500. The Hall–Kier alpha value is -2.02. The molecule has 6 nitrogen and oxygen atoms in total. The van der Waals surface area contributed by atoms with Gasteiger partial charge in [0.25, 0.3) is 5.91 Å². The summed E-state index contributed by atoms with van der Waals surface area (Å²) < 4.78 is 5.08. The quantitative estimate of drug-likeness (QED) is 0.836. The van der Waals surface area contributed by atoms with Gasteiger partial charge in [-0.05, 0) is 44.9 Å². The molecule has 25 heavy (non-hydrogen) atoms. The summed E-state index contributed by atoms with van der Waals surface area (Å²) >= 11 is 1.49. The van der Waals surface area contributed by atoms with Crippen LogP contribution in [0.2, 0.25) is 0 Å². The van der Waals surface area contributed by atoms with Crippen molar-refractivity contribution in [2.75, 3.05) is 25.0 Å². The highest BCUT2D eigenvalue weighted by Crippen LogP contribution is 2.36. The zero-order valence-electron chi connectivity index (χ0n) is 14.4. The molecule has 2 atom stereocenters. The first-order chi connectivity index (χ1) is 12.0. The van der Waals surface area contributed by atoms with Crippen molar-refractivity contribution in [3.63, 3.8) is 0 Å². The van der Waals surface area contributed by atoms with E-state index in [0.717, 1.165) is 17.7 Å². The van der Waals surface area contributed by atoms with E-state index in [1.165, 1.54) is 11.8 Å². The van der Waals surface area contributed by atoms with E-state index in [1.54, 1.807) is 24.0 Å². The van der Waals surface area contributed by atoms with Gasteiger partial charge in [0.2, 0.25) is 5.91 Å². The predicted molar refractivity (Wildman–Crippen MR) is 95.7 cm³/mol. The molecule has 1 saturated heterocycles. The second-order valence-corrected chi connectivity index (χ2v) is 7.69. The van der Waals surface area contributed by atoms with Crippen molar-refractivity contribution in [2.24, 2.45) is 5.92 Å². The minimum Gasteiger partial charge on any atom is -0.466 e. The average Bonchev–Trinajstić information content (AvgIpc) is 2.62. The predicted octanol–water partition coefficient (Wildman–Crippen LogP) is 2.53. The van der Waals surface area contributed by atoms with E-state index in [0.29, 0.717) is 30.9 Å². The van der Waals surface area contributed by atoms with E-state index in [2.05, 4.69) is 5.32 Å². The lowest BCUT2D eigenvalue weighted by Crippen LogP contribution is -2.42. The molecule has 2 aliphatic rings. The number of ether oxygens (including phenoxy) is 1. The third-order valence-corrected chi connectivity index (χ3v) is 5.66. The summed E-state index contributed by atoms with van der Waals surface area (Å²) in [5.41, 5.74) is 1.21. The number of thioether (sulfide) groups is 1. The Morgan fingerprint density at radius 1 is 1.40 bits per heavy atom. The summed E-state index contributed by atoms with van der Waals surface area (Å²) in [6, 6.07) is 5.38. The number of carbonyl (C=O) groups is 3.